The molecule has 4 heteroatoms. The molecule has 4 nitrogen and oxygen atoms in total. The number of rotatable bonds is 3. The maximum atomic E-state index is 6.07. The highest BCUT2D eigenvalue weighted by atomic mass is 16.5. The quantitative estimate of drug-likeness (QED) is 0.854. The van der Waals surface area contributed by atoms with Gasteiger partial charge in [0.1, 0.15) is 0 Å². The molecular formula is C16H25N3O. The normalized spacial score (nSPS) is 22.1. The Morgan fingerprint density at radius 2 is 1.75 bits per heavy atom. The first-order chi connectivity index (χ1) is 9.83. The number of nitrogens with zero attached hydrogens (tertiary/aromatic N) is 2. The van der Waals surface area contributed by atoms with Crippen LogP contribution < -0.4 is 10.6 Å². The van der Waals surface area contributed by atoms with E-state index in [9.17, 15) is 0 Å². The SMILES string of the molecule is Nc1ccccc1N1CCC(CN2CCOCC2)CC1. The minimum Gasteiger partial charge on any atom is -0.397 e. The number of hydrogen-bond acceptors (Lipinski definition) is 4. The molecule has 2 heterocycles. The lowest BCUT2D eigenvalue weighted by Gasteiger charge is -2.37. The molecule has 2 fully saturated rings. The van der Waals surface area contributed by atoms with Gasteiger partial charge in [0.25, 0.3) is 0 Å². The molecule has 2 aliphatic heterocycles. The number of nitrogen functional groups attached to an aromatic ring is 1. The van der Waals surface area contributed by atoms with E-state index in [2.05, 4.69) is 21.9 Å². The van der Waals surface area contributed by atoms with E-state index in [1.54, 1.807) is 0 Å². The third-order valence-corrected chi connectivity index (χ3v) is 4.51. The van der Waals surface area contributed by atoms with Gasteiger partial charge in [-0.25, -0.2) is 0 Å². The highest BCUT2D eigenvalue weighted by molar-refractivity contribution is 5.67. The van der Waals surface area contributed by atoms with E-state index in [0.717, 1.165) is 51.0 Å². The number of para-hydroxylation sites is 2. The second-order valence-electron chi connectivity index (χ2n) is 5.90. The Balaban J connectivity index is 1.50. The zero-order valence-electron chi connectivity index (χ0n) is 12.1. The van der Waals surface area contributed by atoms with Crippen molar-refractivity contribution in [2.24, 2.45) is 5.92 Å². The fourth-order valence-corrected chi connectivity index (χ4v) is 3.28. The molecule has 2 aliphatic rings. The largest absolute Gasteiger partial charge is 0.397 e. The Labute approximate surface area is 121 Å². The summed E-state index contributed by atoms with van der Waals surface area (Å²) >= 11 is 0. The summed E-state index contributed by atoms with van der Waals surface area (Å²) in [6, 6.07) is 8.21. The van der Waals surface area contributed by atoms with Crippen LogP contribution >= 0.6 is 0 Å². The Kier molecular flexibility index (Phi) is 4.43. The Morgan fingerprint density at radius 1 is 1.05 bits per heavy atom. The number of hydrogen-bond donors (Lipinski definition) is 1. The van der Waals surface area contributed by atoms with Crippen LogP contribution in [0.25, 0.3) is 0 Å². The van der Waals surface area contributed by atoms with Crippen molar-refractivity contribution in [1.29, 1.82) is 0 Å². The molecule has 0 aliphatic carbocycles. The van der Waals surface area contributed by atoms with Gasteiger partial charge in [-0.15, -0.1) is 0 Å². The van der Waals surface area contributed by atoms with Gasteiger partial charge in [-0.2, -0.15) is 0 Å². The molecule has 0 radical (unpaired) electrons. The molecule has 0 amide bonds. The average Bonchev–Trinajstić information content (AvgIpc) is 2.50. The number of morpholine rings is 1. The van der Waals surface area contributed by atoms with Crippen LogP contribution in [-0.4, -0.2) is 50.8 Å². The van der Waals surface area contributed by atoms with Crippen LogP contribution in [0.1, 0.15) is 12.8 Å². The van der Waals surface area contributed by atoms with E-state index in [-0.39, 0.29) is 0 Å². The molecular weight excluding hydrogens is 250 g/mol. The first-order valence-electron chi connectivity index (χ1n) is 7.72. The third kappa shape index (κ3) is 3.25. The van der Waals surface area contributed by atoms with Crippen molar-refractivity contribution in [2.45, 2.75) is 12.8 Å². The maximum Gasteiger partial charge on any atom is 0.0599 e. The molecule has 0 aromatic heterocycles. The molecule has 20 heavy (non-hydrogen) atoms. The summed E-state index contributed by atoms with van der Waals surface area (Å²) in [6.07, 6.45) is 2.54. The molecule has 110 valence electrons. The van der Waals surface area contributed by atoms with Gasteiger partial charge in [0, 0.05) is 32.7 Å². The van der Waals surface area contributed by atoms with Crippen LogP contribution in [0.3, 0.4) is 0 Å². The minimum atomic E-state index is 0.828. The average molecular weight is 275 g/mol. The molecule has 3 rings (SSSR count). The molecule has 1 aromatic carbocycles. The lowest BCUT2D eigenvalue weighted by Crippen LogP contribution is -2.43. The Morgan fingerprint density at radius 3 is 2.45 bits per heavy atom. The van der Waals surface area contributed by atoms with E-state index in [4.69, 9.17) is 10.5 Å². The molecule has 0 bridgehead atoms. The standard InChI is InChI=1S/C16H25N3O/c17-15-3-1-2-4-16(15)19-7-5-14(6-8-19)13-18-9-11-20-12-10-18/h1-4,14H,5-13,17H2. The van der Waals surface area contributed by atoms with E-state index in [0.29, 0.717) is 0 Å². The monoisotopic (exact) mass is 275 g/mol. The summed E-state index contributed by atoms with van der Waals surface area (Å²) in [5.74, 6) is 0.828. The van der Waals surface area contributed by atoms with E-state index in [1.165, 1.54) is 25.1 Å². The first kappa shape index (κ1) is 13.7. The van der Waals surface area contributed by atoms with E-state index >= 15 is 0 Å². The fourth-order valence-electron chi connectivity index (χ4n) is 3.28. The molecule has 1 aromatic rings. The molecule has 0 unspecified atom stereocenters. The predicted molar refractivity (Wildman–Crippen MR) is 83.1 cm³/mol. The summed E-state index contributed by atoms with van der Waals surface area (Å²) < 4.78 is 5.41. The zero-order chi connectivity index (χ0) is 13.8. The lowest BCUT2D eigenvalue weighted by molar-refractivity contribution is 0.0289. The second kappa shape index (κ2) is 6.46. The second-order valence-corrected chi connectivity index (χ2v) is 5.90. The number of anilines is 2. The molecule has 2 saturated heterocycles. The highest BCUT2D eigenvalue weighted by Crippen LogP contribution is 2.28. The van der Waals surface area contributed by atoms with Gasteiger partial charge in [-0.3, -0.25) is 4.90 Å². The topological polar surface area (TPSA) is 41.7 Å². The van der Waals surface area contributed by atoms with Gasteiger partial charge in [-0.05, 0) is 30.9 Å². The summed E-state index contributed by atoms with van der Waals surface area (Å²) in [5, 5.41) is 0. The van der Waals surface area contributed by atoms with Crippen LogP contribution in [0.5, 0.6) is 0 Å². The maximum absolute atomic E-state index is 6.07. The summed E-state index contributed by atoms with van der Waals surface area (Å²) in [6.45, 7) is 7.50. The van der Waals surface area contributed by atoms with Crippen LogP contribution in [-0.2, 0) is 4.74 Å². The van der Waals surface area contributed by atoms with Crippen molar-refractivity contribution in [3.05, 3.63) is 24.3 Å². The van der Waals surface area contributed by atoms with Crippen molar-refractivity contribution in [1.82, 2.24) is 4.90 Å². The van der Waals surface area contributed by atoms with Gasteiger partial charge in [-0.1, -0.05) is 12.1 Å². The van der Waals surface area contributed by atoms with Crippen molar-refractivity contribution < 1.29 is 4.74 Å². The minimum absolute atomic E-state index is 0.828. The van der Waals surface area contributed by atoms with Crippen LogP contribution in [0, 0.1) is 5.92 Å². The van der Waals surface area contributed by atoms with Crippen molar-refractivity contribution in [3.8, 4) is 0 Å². The van der Waals surface area contributed by atoms with Crippen LogP contribution in [0.15, 0.2) is 24.3 Å². The smallest absolute Gasteiger partial charge is 0.0599 e. The third-order valence-electron chi connectivity index (χ3n) is 4.51. The molecule has 0 atom stereocenters. The molecule has 2 N–H and O–H groups in total. The molecule has 0 spiro atoms. The number of nitrogens with two attached hydrogens (primary N) is 1. The summed E-state index contributed by atoms with van der Waals surface area (Å²) in [4.78, 5) is 4.99. The van der Waals surface area contributed by atoms with Crippen molar-refractivity contribution in [3.63, 3.8) is 0 Å². The van der Waals surface area contributed by atoms with Crippen LogP contribution in [0.4, 0.5) is 11.4 Å². The highest BCUT2D eigenvalue weighted by Gasteiger charge is 2.23. The fraction of sp³-hybridized carbons (Fsp3) is 0.625. The number of benzene rings is 1. The first-order valence-corrected chi connectivity index (χ1v) is 7.72. The molecule has 0 saturated carbocycles. The number of piperidine rings is 1. The summed E-state index contributed by atoms with van der Waals surface area (Å²) in [5.41, 5.74) is 8.18. The van der Waals surface area contributed by atoms with E-state index < -0.39 is 0 Å². The Hall–Kier alpha value is -1.26. The Bertz CT molecular complexity index is 423. The number of ether oxygens (including phenoxy) is 1. The van der Waals surface area contributed by atoms with Gasteiger partial charge >= 0.3 is 0 Å². The van der Waals surface area contributed by atoms with Gasteiger partial charge < -0.3 is 15.4 Å². The van der Waals surface area contributed by atoms with Gasteiger partial charge in [0.05, 0.1) is 24.6 Å². The van der Waals surface area contributed by atoms with Gasteiger partial charge in [0.15, 0.2) is 0 Å². The predicted octanol–water partition coefficient (Wildman–Crippen LogP) is 1.82. The van der Waals surface area contributed by atoms with Crippen molar-refractivity contribution in [2.75, 3.05) is 56.6 Å². The van der Waals surface area contributed by atoms with E-state index in [1.807, 2.05) is 12.1 Å². The van der Waals surface area contributed by atoms with Gasteiger partial charge in [0.2, 0.25) is 0 Å². The zero-order valence-corrected chi connectivity index (χ0v) is 12.1. The van der Waals surface area contributed by atoms with Crippen molar-refractivity contribution >= 4 is 11.4 Å². The summed E-state index contributed by atoms with van der Waals surface area (Å²) in [7, 11) is 0. The van der Waals surface area contributed by atoms with Crippen LogP contribution in [0.2, 0.25) is 0 Å². The lowest BCUT2D eigenvalue weighted by atomic mass is 9.95.